The second kappa shape index (κ2) is 13.3. The van der Waals surface area contributed by atoms with Gasteiger partial charge in [-0.3, -0.25) is 4.99 Å². The SMILES string of the molecule is CCNC(=NCC(O)c1cc(OC)cc(OC)c1)NC1CCN(CC2CCCC2)C1.I. The monoisotopic (exact) mass is 546 g/mol. The van der Waals surface area contributed by atoms with Gasteiger partial charge < -0.3 is 30.1 Å². The third-order valence-electron chi connectivity index (χ3n) is 6.13. The number of hydrogen-bond donors (Lipinski definition) is 3. The summed E-state index contributed by atoms with van der Waals surface area (Å²) in [7, 11) is 3.21. The van der Waals surface area contributed by atoms with Gasteiger partial charge in [-0.05, 0) is 49.8 Å². The molecule has 2 atom stereocenters. The molecule has 2 unspecified atom stereocenters. The zero-order valence-corrected chi connectivity index (χ0v) is 21.4. The smallest absolute Gasteiger partial charge is 0.191 e. The number of benzene rings is 1. The van der Waals surface area contributed by atoms with Crippen molar-refractivity contribution in [2.75, 3.05) is 46.9 Å². The number of aliphatic hydroxyl groups is 1. The highest BCUT2D eigenvalue weighted by molar-refractivity contribution is 14.0. The number of nitrogens with zero attached hydrogens (tertiary/aromatic N) is 2. The molecule has 1 aliphatic heterocycles. The first kappa shape index (κ1) is 26.0. The molecule has 1 aromatic carbocycles. The van der Waals surface area contributed by atoms with E-state index in [2.05, 4.69) is 27.4 Å². The van der Waals surface area contributed by atoms with Crippen LogP contribution < -0.4 is 20.1 Å². The minimum absolute atomic E-state index is 0. The van der Waals surface area contributed by atoms with E-state index in [4.69, 9.17) is 9.47 Å². The van der Waals surface area contributed by atoms with Crippen LogP contribution in [0.25, 0.3) is 0 Å². The fourth-order valence-corrected chi connectivity index (χ4v) is 4.49. The van der Waals surface area contributed by atoms with Crippen LogP contribution in [0.15, 0.2) is 23.2 Å². The van der Waals surface area contributed by atoms with Gasteiger partial charge in [-0.2, -0.15) is 0 Å². The van der Waals surface area contributed by atoms with Gasteiger partial charge in [-0.15, -0.1) is 24.0 Å². The predicted octanol–water partition coefficient (Wildman–Crippen LogP) is 3.17. The minimum atomic E-state index is -0.730. The van der Waals surface area contributed by atoms with E-state index in [1.54, 1.807) is 20.3 Å². The molecular formula is C23H39IN4O3. The number of methoxy groups -OCH3 is 2. The Morgan fingerprint density at radius 2 is 1.84 bits per heavy atom. The summed E-state index contributed by atoms with van der Waals surface area (Å²) in [6.07, 6.45) is 5.99. The van der Waals surface area contributed by atoms with Crippen molar-refractivity contribution in [2.45, 2.75) is 51.2 Å². The summed E-state index contributed by atoms with van der Waals surface area (Å²) in [6, 6.07) is 5.84. The summed E-state index contributed by atoms with van der Waals surface area (Å²) in [5.41, 5.74) is 0.731. The van der Waals surface area contributed by atoms with Gasteiger partial charge >= 0.3 is 0 Å². The Morgan fingerprint density at radius 3 is 2.45 bits per heavy atom. The third-order valence-corrected chi connectivity index (χ3v) is 6.13. The minimum Gasteiger partial charge on any atom is -0.497 e. The normalized spacial score (nSPS) is 20.9. The summed E-state index contributed by atoms with van der Waals surface area (Å²) in [5.74, 6) is 2.97. The molecule has 7 nitrogen and oxygen atoms in total. The summed E-state index contributed by atoms with van der Waals surface area (Å²) in [6.45, 7) is 6.57. The maximum absolute atomic E-state index is 10.7. The molecule has 1 aliphatic carbocycles. The third kappa shape index (κ3) is 7.98. The summed E-state index contributed by atoms with van der Waals surface area (Å²) < 4.78 is 10.6. The zero-order chi connectivity index (χ0) is 21.3. The molecule has 8 heteroatoms. The average Bonchev–Trinajstić information content (AvgIpc) is 3.44. The fraction of sp³-hybridized carbons (Fsp3) is 0.696. The largest absolute Gasteiger partial charge is 0.497 e. The molecule has 0 spiro atoms. The molecule has 0 bridgehead atoms. The Labute approximate surface area is 204 Å². The van der Waals surface area contributed by atoms with Crippen molar-refractivity contribution in [3.63, 3.8) is 0 Å². The lowest BCUT2D eigenvalue weighted by Gasteiger charge is -2.21. The first-order chi connectivity index (χ1) is 14.6. The van der Waals surface area contributed by atoms with Gasteiger partial charge in [0.15, 0.2) is 5.96 Å². The quantitative estimate of drug-likeness (QED) is 0.251. The van der Waals surface area contributed by atoms with E-state index in [0.29, 0.717) is 17.5 Å². The van der Waals surface area contributed by atoms with Crippen LogP contribution in [0.1, 0.15) is 50.7 Å². The van der Waals surface area contributed by atoms with E-state index in [0.717, 1.165) is 43.5 Å². The number of halogens is 1. The first-order valence-corrected chi connectivity index (χ1v) is 11.3. The molecule has 176 valence electrons. The number of hydrogen-bond acceptors (Lipinski definition) is 5. The van der Waals surface area contributed by atoms with Crippen LogP contribution in [0.5, 0.6) is 11.5 Å². The highest BCUT2D eigenvalue weighted by Gasteiger charge is 2.26. The highest BCUT2D eigenvalue weighted by atomic mass is 127. The maximum Gasteiger partial charge on any atom is 0.191 e. The van der Waals surface area contributed by atoms with Crippen LogP contribution >= 0.6 is 24.0 Å². The number of ether oxygens (including phenoxy) is 2. The van der Waals surface area contributed by atoms with Crippen LogP contribution in [0.3, 0.4) is 0 Å². The van der Waals surface area contributed by atoms with Crippen LogP contribution in [0.2, 0.25) is 0 Å². The number of guanidine groups is 1. The Hall–Kier alpha value is -1.26. The molecule has 2 fully saturated rings. The highest BCUT2D eigenvalue weighted by Crippen LogP contribution is 2.27. The Kier molecular flexibility index (Phi) is 11.2. The second-order valence-electron chi connectivity index (χ2n) is 8.42. The Balaban J connectivity index is 0.00000341. The molecule has 3 rings (SSSR count). The lowest BCUT2D eigenvalue weighted by molar-refractivity contribution is 0.186. The molecular weight excluding hydrogens is 507 g/mol. The van der Waals surface area contributed by atoms with E-state index in [9.17, 15) is 5.11 Å². The van der Waals surface area contributed by atoms with Crippen LogP contribution in [-0.2, 0) is 0 Å². The van der Waals surface area contributed by atoms with Crippen LogP contribution in [0, 0.1) is 5.92 Å². The van der Waals surface area contributed by atoms with Gasteiger partial charge in [0, 0.05) is 38.3 Å². The Morgan fingerprint density at radius 1 is 1.16 bits per heavy atom. The molecule has 1 aromatic rings. The number of rotatable bonds is 9. The second-order valence-corrected chi connectivity index (χ2v) is 8.42. The van der Waals surface area contributed by atoms with Gasteiger partial charge in [0.1, 0.15) is 11.5 Å². The molecule has 3 N–H and O–H groups in total. The van der Waals surface area contributed by atoms with Gasteiger partial charge in [-0.25, -0.2) is 0 Å². The van der Waals surface area contributed by atoms with E-state index in [1.807, 2.05) is 12.1 Å². The van der Waals surface area contributed by atoms with Crippen molar-refractivity contribution >= 4 is 29.9 Å². The maximum atomic E-state index is 10.7. The standard InChI is InChI=1S/C23H38N4O3.HI/c1-4-24-23(26-19-9-10-27(16-19)15-17-7-5-6-8-17)25-14-22(28)18-11-20(29-2)13-21(12-18)30-3;/h11-13,17,19,22,28H,4-10,14-16H2,1-3H3,(H2,24,25,26);1H. The molecule has 31 heavy (non-hydrogen) atoms. The molecule has 0 amide bonds. The van der Waals surface area contributed by atoms with Crippen molar-refractivity contribution in [1.29, 1.82) is 0 Å². The summed E-state index contributed by atoms with van der Waals surface area (Å²) in [5, 5.41) is 17.5. The van der Waals surface area contributed by atoms with E-state index >= 15 is 0 Å². The molecule has 1 heterocycles. The number of aliphatic imine (C=N–C) groups is 1. The van der Waals surface area contributed by atoms with Crippen LogP contribution in [0.4, 0.5) is 0 Å². The van der Waals surface area contributed by atoms with Crippen molar-refractivity contribution < 1.29 is 14.6 Å². The average molecular weight is 546 g/mol. The van der Waals surface area contributed by atoms with Crippen LogP contribution in [-0.4, -0.2) is 69.0 Å². The summed E-state index contributed by atoms with van der Waals surface area (Å²) in [4.78, 5) is 7.23. The number of nitrogens with one attached hydrogen (secondary N) is 2. The van der Waals surface area contributed by atoms with E-state index in [1.165, 1.54) is 32.2 Å². The van der Waals surface area contributed by atoms with Gasteiger partial charge in [0.25, 0.3) is 0 Å². The fourth-order valence-electron chi connectivity index (χ4n) is 4.49. The van der Waals surface area contributed by atoms with Gasteiger partial charge in [0.05, 0.1) is 26.9 Å². The Bertz CT molecular complexity index is 675. The first-order valence-electron chi connectivity index (χ1n) is 11.3. The van der Waals surface area contributed by atoms with Crippen molar-refractivity contribution in [1.82, 2.24) is 15.5 Å². The predicted molar refractivity (Wildman–Crippen MR) is 136 cm³/mol. The van der Waals surface area contributed by atoms with Crippen molar-refractivity contribution in [3.8, 4) is 11.5 Å². The lowest BCUT2D eigenvalue weighted by Crippen LogP contribution is -2.45. The van der Waals surface area contributed by atoms with Crippen molar-refractivity contribution in [3.05, 3.63) is 23.8 Å². The van der Waals surface area contributed by atoms with E-state index < -0.39 is 6.10 Å². The molecule has 1 saturated carbocycles. The van der Waals surface area contributed by atoms with Crippen molar-refractivity contribution in [2.24, 2.45) is 10.9 Å². The number of likely N-dealkylation sites (tertiary alicyclic amines) is 1. The summed E-state index contributed by atoms with van der Waals surface area (Å²) >= 11 is 0. The molecule has 1 saturated heterocycles. The lowest BCUT2D eigenvalue weighted by atomic mass is 10.1. The van der Waals surface area contributed by atoms with Gasteiger partial charge in [0.2, 0.25) is 0 Å². The topological polar surface area (TPSA) is 78.4 Å². The zero-order valence-electron chi connectivity index (χ0n) is 19.1. The molecule has 0 radical (unpaired) electrons. The molecule has 0 aromatic heterocycles. The van der Waals surface area contributed by atoms with Gasteiger partial charge in [-0.1, -0.05) is 12.8 Å². The molecule has 2 aliphatic rings. The van der Waals surface area contributed by atoms with E-state index in [-0.39, 0.29) is 30.5 Å². The number of aliphatic hydroxyl groups excluding tert-OH is 1.